The Labute approximate surface area is 253 Å². The van der Waals surface area contributed by atoms with E-state index in [4.69, 9.17) is 9.47 Å². The molecule has 0 spiro atoms. The Bertz CT molecular complexity index is 2040. The molecule has 6 rings (SSSR count). The molecule has 0 saturated carbocycles. The monoisotopic (exact) mass is 588 g/mol. The van der Waals surface area contributed by atoms with Gasteiger partial charge in [-0.15, -0.1) is 0 Å². The van der Waals surface area contributed by atoms with Crippen LogP contribution >= 0.6 is 0 Å². The van der Waals surface area contributed by atoms with Crippen molar-refractivity contribution in [3.8, 4) is 11.5 Å². The predicted octanol–water partition coefficient (Wildman–Crippen LogP) is 6.55. The van der Waals surface area contributed by atoms with Gasteiger partial charge in [0.05, 0.1) is 22.1 Å². The van der Waals surface area contributed by atoms with Crippen LogP contribution in [0.2, 0.25) is 0 Å². The summed E-state index contributed by atoms with van der Waals surface area (Å²) in [6.07, 6.45) is 3.22. The molecule has 0 aliphatic carbocycles. The molecule has 0 bridgehead atoms. The second-order valence-corrected chi connectivity index (χ2v) is 11.0. The minimum Gasteiger partial charge on any atom is -0.427 e. The fourth-order valence-corrected chi connectivity index (χ4v) is 5.83. The highest BCUT2D eigenvalue weighted by atomic mass is 16.5. The van der Waals surface area contributed by atoms with E-state index in [1.165, 1.54) is 0 Å². The largest absolute Gasteiger partial charge is 0.427 e. The number of para-hydroxylation sites is 2. The molecule has 222 valence electrons. The van der Waals surface area contributed by atoms with Crippen LogP contribution in [0.15, 0.2) is 94.5 Å². The van der Waals surface area contributed by atoms with E-state index in [9.17, 15) is 19.2 Å². The van der Waals surface area contributed by atoms with Gasteiger partial charge in [0.15, 0.2) is 10.9 Å². The number of ether oxygens (including phenoxy) is 2. The van der Waals surface area contributed by atoms with Crippen molar-refractivity contribution in [1.29, 1.82) is 0 Å². The van der Waals surface area contributed by atoms with Gasteiger partial charge in [0.1, 0.15) is 11.5 Å². The number of esters is 2. The third-order valence-electron chi connectivity index (χ3n) is 8.14. The van der Waals surface area contributed by atoms with Gasteiger partial charge in [0.2, 0.25) is 0 Å². The van der Waals surface area contributed by atoms with E-state index in [0.29, 0.717) is 45.9 Å². The molecule has 0 radical (unpaired) electrons. The highest BCUT2D eigenvalue weighted by Gasteiger charge is 2.13. The number of pyridine rings is 2. The van der Waals surface area contributed by atoms with Crippen molar-refractivity contribution in [1.82, 2.24) is 9.13 Å². The highest BCUT2D eigenvalue weighted by molar-refractivity contribution is 5.95. The van der Waals surface area contributed by atoms with Gasteiger partial charge in [-0.1, -0.05) is 37.1 Å². The Hall–Kier alpha value is -5.24. The number of carbonyl (C=O) groups excluding carboxylic acids is 2. The standard InChI is InChI=1S/C36H32N2O6/c1-37-29-13-9-7-11-25(29)35(41)27-21-23(17-19-31(27)37)43-33(39)15-5-3-4-6-16-34(40)44-24-18-20-32-28(22-24)36(42)26-12-8-10-14-30(26)38(32)2/h7-14,17-22H,3-6,15-16H2,1-2H3. The van der Waals surface area contributed by atoms with Crippen LogP contribution in [-0.2, 0) is 23.7 Å². The fourth-order valence-electron chi connectivity index (χ4n) is 5.83. The fraction of sp³-hybridized carbons (Fsp3) is 0.222. The van der Waals surface area contributed by atoms with E-state index in [2.05, 4.69) is 0 Å². The minimum atomic E-state index is -0.364. The molecule has 0 atom stereocenters. The summed E-state index contributed by atoms with van der Waals surface area (Å²) in [4.78, 5) is 51.0. The first-order chi connectivity index (χ1) is 21.3. The molecule has 0 aliphatic heterocycles. The quantitative estimate of drug-likeness (QED) is 0.0823. The van der Waals surface area contributed by atoms with Gasteiger partial charge >= 0.3 is 11.9 Å². The molecule has 44 heavy (non-hydrogen) atoms. The third kappa shape index (κ3) is 5.58. The SMILES string of the molecule is Cn1c2ccccc2c(=O)c2cc(OC(=O)CCCCCCC(=O)Oc3ccc4c(c3)c(=O)c3ccccc3n4C)ccc21. The van der Waals surface area contributed by atoms with Gasteiger partial charge < -0.3 is 18.6 Å². The first-order valence-electron chi connectivity index (χ1n) is 14.8. The molecular formula is C36H32N2O6. The Morgan fingerprint density at radius 3 is 1.34 bits per heavy atom. The Balaban J connectivity index is 0.975. The number of benzene rings is 4. The molecule has 0 amide bonds. The highest BCUT2D eigenvalue weighted by Crippen LogP contribution is 2.24. The second-order valence-electron chi connectivity index (χ2n) is 11.0. The first-order valence-corrected chi connectivity index (χ1v) is 14.8. The van der Waals surface area contributed by atoms with E-state index in [1.807, 2.05) is 59.6 Å². The summed E-state index contributed by atoms with van der Waals surface area (Å²) in [5, 5.41) is 2.24. The number of unbranched alkanes of at least 4 members (excludes halogenated alkanes) is 3. The second kappa shape index (κ2) is 12.2. The number of hydrogen-bond donors (Lipinski definition) is 0. The number of aryl methyl sites for hydroxylation is 2. The van der Waals surface area contributed by atoms with E-state index in [-0.39, 0.29) is 35.6 Å². The van der Waals surface area contributed by atoms with Gasteiger partial charge in [-0.25, -0.2) is 0 Å². The van der Waals surface area contributed by atoms with Gasteiger partial charge in [0, 0.05) is 48.5 Å². The molecule has 0 unspecified atom stereocenters. The summed E-state index contributed by atoms with van der Waals surface area (Å²) < 4.78 is 15.0. The molecular weight excluding hydrogens is 556 g/mol. The Morgan fingerprint density at radius 1 is 0.523 bits per heavy atom. The number of fused-ring (bicyclic) bond motifs is 4. The summed E-state index contributed by atoms with van der Waals surface area (Å²) in [6.45, 7) is 0. The third-order valence-corrected chi connectivity index (χ3v) is 8.14. The summed E-state index contributed by atoms with van der Waals surface area (Å²) in [6, 6.07) is 25.1. The average molecular weight is 589 g/mol. The lowest BCUT2D eigenvalue weighted by atomic mass is 10.1. The average Bonchev–Trinajstić information content (AvgIpc) is 3.04. The topological polar surface area (TPSA) is 96.6 Å². The van der Waals surface area contributed by atoms with Gasteiger partial charge in [-0.05, 0) is 73.5 Å². The summed E-state index contributed by atoms with van der Waals surface area (Å²) in [7, 11) is 3.81. The van der Waals surface area contributed by atoms with E-state index < -0.39 is 0 Å². The molecule has 0 saturated heterocycles. The van der Waals surface area contributed by atoms with Crippen molar-refractivity contribution >= 4 is 55.6 Å². The lowest BCUT2D eigenvalue weighted by molar-refractivity contribution is -0.135. The van der Waals surface area contributed by atoms with Crippen LogP contribution in [0.4, 0.5) is 0 Å². The van der Waals surface area contributed by atoms with Crippen molar-refractivity contribution in [2.75, 3.05) is 0 Å². The van der Waals surface area contributed by atoms with Gasteiger partial charge in [-0.2, -0.15) is 0 Å². The number of nitrogens with zero attached hydrogens (tertiary/aromatic N) is 2. The number of carbonyl (C=O) groups is 2. The summed E-state index contributed by atoms with van der Waals surface area (Å²) >= 11 is 0. The van der Waals surface area contributed by atoms with E-state index in [0.717, 1.165) is 34.9 Å². The number of hydrogen-bond acceptors (Lipinski definition) is 6. The van der Waals surface area contributed by atoms with E-state index >= 15 is 0 Å². The molecule has 2 aromatic heterocycles. The summed E-state index contributed by atoms with van der Waals surface area (Å²) in [5.41, 5.74) is 3.04. The van der Waals surface area contributed by atoms with Crippen molar-refractivity contribution in [3.63, 3.8) is 0 Å². The maximum Gasteiger partial charge on any atom is 0.311 e. The van der Waals surface area contributed by atoms with Crippen LogP contribution in [-0.4, -0.2) is 21.1 Å². The predicted molar refractivity (Wildman–Crippen MR) is 172 cm³/mol. The van der Waals surface area contributed by atoms with Crippen LogP contribution < -0.4 is 20.3 Å². The molecule has 0 N–H and O–H groups in total. The maximum atomic E-state index is 13.0. The van der Waals surface area contributed by atoms with Crippen molar-refractivity contribution in [3.05, 3.63) is 105 Å². The van der Waals surface area contributed by atoms with Crippen LogP contribution in [0.25, 0.3) is 43.6 Å². The first kappa shape index (κ1) is 28.9. The van der Waals surface area contributed by atoms with Gasteiger partial charge in [0.25, 0.3) is 0 Å². The lowest BCUT2D eigenvalue weighted by Gasteiger charge is -2.12. The zero-order valence-corrected chi connectivity index (χ0v) is 24.7. The van der Waals surface area contributed by atoms with Crippen LogP contribution in [0.5, 0.6) is 11.5 Å². The minimum absolute atomic E-state index is 0.0939. The number of rotatable bonds is 9. The van der Waals surface area contributed by atoms with Crippen LogP contribution in [0.3, 0.4) is 0 Å². The zero-order valence-electron chi connectivity index (χ0n) is 24.7. The van der Waals surface area contributed by atoms with E-state index in [1.54, 1.807) is 48.5 Å². The molecule has 0 fully saturated rings. The van der Waals surface area contributed by atoms with Crippen LogP contribution in [0, 0.1) is 0 Å². The molecule has 8 nitrogen and oxygen atoms in total. The smallest absolute Gasteiger partial charge is 0.311 e. The van der Waals surface area contributed by atoms with Crippen LogP contribution in [0.1, 0.15) is 38.5 Å². The van der Waals surface area contributed by atoms with Crippen molar-refractivity contribution in [2.45, 2.75) is 38.5 Å². The molecule has 0 aliphatic rings. The lowest BCUT2D eigenvalue weighted by Crippen LogP contribution is -2.11. The zero-order chi connectivity index (χ0) is 30.8. The Kier molecular flexibility index (Phi) is 7.98. The molecule has 6 aromatic rings. The molecule has 8 heteroatoms. The summed E-state index contributed by atoms with van der Waals surface area (Å²) in [5.74, 6) is -0.0390. The normalized spacial score (nSPS) is 11.4. The Morgan fingerprint density at radius 2 is 0.909 bits per heavy atom. The maximum absolute atomic E-state index is 13.0. The van der Waals surface area contributed by atoms with Crippen molar-refractivity contribution in [2.24, 2.45) is 14.1 Å². The van der Waals surface area contributed by atoms with Crippen molar-refractivity contribution < 1.29 is 19.1 Å². The molecule has 2 heterocycles. The molecule has 4 aromatic carbocycles. The van der Waals surface area contributed by atoms with Gasteiger partial charge in [-0.3, -0.25) is 19.2 Å². The number of aromatic nitrogens is 2.